The highest BCUT2D eigenvalue weighted by molar-refractivity contribution is 14.1. The van der Waals surface area contributed by atoms with Crippen molar-refractivity contribution in [1.29, 1.82) is 0 Å². The molecule has 0 aliphatic carbocycles. The van der Waals surface area contributed by atoms with Crippen molar-refractivity contribution in [3.8, 4) is 0 Å². The summed E-state index contributed by atoms with van der Waals surface area (Å²) in [5, 5.41) is 0. The lowest BCUT2D eigenvalue weighted by atomic mass is 9.94. The Bertz CT molecular complexity index is 378. The molecule has 1 aromatic rings. The van der Waals surface area contributed by atoms with E-state index in [-0.39, 0.29) is 0 Å². The second-order valence-electron chi connectivity index (χ2n) is 5.57. The van der Waals surface area contributed by atoms with E-state index in [4.69, 9.17) is 0 Å². The Labute approximate surface area is 117 Å². The van der Waals surface area contributed by atoms with E-state index in [0.29, 0.717) is 0 Å². The molecule has 17 heavy (non-hydrogen) atoms. The minimum atomic E-state index is 0.891. The van der Waals surface area contributed by atoms with Gasteiger partial charge in [-0.2, -0.15) is 0 Å². The third kappa shape index (κ3) is 2.60. The van der Waals surface area contributed by atoms with Gasteiger partial charge in [0.2, 0.25) is 0 Å². The third-order valence-electron chi connectivity index (χ3n) is 3.81. The highest BCUT2D eigenvalue weighted by Gasteiger charge is 2.31. The van der Waals surface area contributed by atoms with E-state index < -0.39 is 0 Å². The molecule has 1 aromatic carbocycles. The standard InChI is InChI=1S/C14H19IN2/c1-11-6-16(7-11)8-12-9-17(10-12)14-4-2-13(15)3-5-14/h2-5,11-12H,6-10H2,1H3. The van der Waals surface area contributed by atoms with Gasteiger partial charge < -0.3 is 9.80 Å². The van der Waals surface area contributed by atoms with Crippen LogP contribution in [0.25, 0.3) is 0 Å². The first-order valence-electron chi connectivity index (χ1n) is 6.43. The van der Waals surface area contributed by atoms with E-state index in [2.05, 4.69) is 63.6 Å². The molecule has 0 unspecified atom stereocenters. The molecule has 2 fully saturated rings. The second kappa shape index (κ2) is 4.76. The predicted molar refractivity (Wildman–Crippen MR) is 80.5 cm³/mol. The number of hydrogen-bond donors (Lipinski definition) is 0. The van der Waals surface area contributed by atoms with Crippen molar-refractivity contribution < 1.29 is 0 Å². The van der Waals surface area contributed by atoms with Gasteiger partial charge in [-0.3, -0.25) is 0 Å². The van der Waals surface area contributed by atoms with Crippen LogP contribution in [-0.2, 0) is 0 Å². The summed E-state index contributed by atoms with van der Waals surface area (Å²) in [5.41, 5.74) is 1.39. The van der Waals surface area contributed by atoms with Crippen molar-refractivity contribution in [3.63, 3.8) is 0 Å². The number of benzene rings is 1. The van der Waals surface area contributed by atoms with Crippen LogP contribution in [-0.4, -0.2) is 37.6 Å². The maximum atomic E-state index is 2.60. The second-order valence-corrected chi connectivity index (χ2v) is 6.82. The van der Waals surface area contributed by atoms with Crippen molar-refractivity contribution in [2.45, 2.75) is 6.92 Å². The Morgan fingerprint density at radius 1 is 1.12 bits per heavy atom. The topological polar surface area (TPSA) is 6.48 Å². The molecule has 0 saturated carbocycles. The summed E-state index contributed by atoms with van der Waals surface area (Å²) in [5.74, 6) is 1.82. The minimum absolute atomic E-state index is 0.891. The first-order valence-corrected chi connectivity index (χ1v) is 7.51. The largest absolute Gasteiger partial charge is 0.371 e. The quantitative estimate of drug-likeness (QED) is 0.780. The monoisotopic (exact) mass is 342 g/mol. The molecule has 0 radical (unpaired) electrons. The van der Waals surface area contributed by atoms with Gasteiger partial charge in [-0.1, -0.05) is 6.92 Å². The summed E-state index contributed by atoms with van der Waals surface area (Å²) in [4.78, 5) is 5.09. The number of anilines is 1. The van der Waals surface area contributed by atoms with Gasteiger partial charge in [-0.15, -0.1) is 0 Å². The zero-order valence-corrected chi connectivity index (χ0v) is 12.4. The van der Waals surface area contributed by atoms with Crippen molar-refractivity contribution in [2.75, 3.05) is 37.6 Å². The zero-order chi connectivity index (χ0) is 11.8. The van der Waals surface area contributed by atoms with Gasteiger partial charge in [0.25, 0.3) is 0 Å². The fourth-order valence-corrected chi connectivity index (χ4v) is 3.25. The van der Waals surface area contributed by atoms with Crippen LogP contribution in [0.4, 0.5) is 5.69 Å². The number of likely N-dealkylation sites (tertiary alicyclic amines) is 1. The van der Waals surface area contributed by atoms with Crippen LogP contribution < -0.4 is 4.90 Å². The lowest BCUT2D eigenvalue weighted by Crippen LogP contribution is -2.55. The molecule has 0 amide bonds. The first-order chi connectivity index (χ1) is 8.20. The van der Waals surface area contributed by atoms with Gasteiger partial charge in [-0.25, -0.2) is 0 Å². The smallest absolute Gasteiger partial charge is 0.0367 e. The third-order valence-corrected chi connectivity index (χ3v) is 4.52. The van der Waals surface area contributed by atoms with Gasteiger partial charge in [0.1, 0.15) is 0 Å². The molecule has 2 aliphatic rings. The van der Waals surface area contributed by atoms with Crippen molar-refractivity contribution in [2.24, 2.45) is 11.8 Å². The van der Waals surface area contributed by atoms with Gasteiger partial charge >= 0.3 is 0 Å². The maximum Gasteiger partial charge on any atom is 0.0367 e. The van der Waals surface area contributed by atoms with Gasteiger partial charge in [0.15, 0.2) is 0 Å². The summed E-state index contributed by atoms with van der Waals surface area (Å²) < 4.78 is 1.32. The Morgan fingerprint density at radius 3 is 2.35 bits per heavy atom. The fraction of sp³-hybridized carbons (Fsp3) is 0.571. The molecule has 0 bridgehead atoms. The van der Waals surface area contributed by atoms with E-state index in [1.54, 1.807) is 0 Å². The van der Waals surface area contributed by atoms with Crippen LogP contribution in [0.2, 0.25) is 0 Å². The molecule has 3 heteroatoms. The Morgan fingerprint density at radius 2 is 1.76 bits per heavy atom. The lowest BCUT2D eigenvalue weighted by molar-refractivity contribution is 0.0856. The molecule has 2 aliphatic heterocycles. The molecule has 92 valence electrons. The number of halogens is 1. The van der Waals surface area contributed by atoms with Crippen LogP contribution in [0.5, 0.6) is 0 Å². The first kappa shape index (κ1) is 11.8. The maximum absolute atomic E-state index is 2.60. The molecule has 0 spiro atoms. The van der Waals surface area contributed by atoms with E-state index in [0.717, 1.165) is 11.8 Å². The highest BCUT2D eigenvalue weighted by atomic mass is 127. The fourth-order valence-electron chi connectivity index (χ4n) is 2.89. The normalized spacial score (nSPS) is 22.4. The van der Waals surface area contributed by atoms with Crippen LogP contribution in [0, 0.1) is 15.4 Å². The summed E-state index contributed by atoms with van der Waals surface area (Å²) in [7, 11) is 0. The highest BCUT2D eigenvalue weighted by Crippen LogP contribution is 2.27. The number of rotatable bonds is 3. The van der Waals surface area contributed by atoms with Gasteiger partial charge in [-0.05, 0) is 52.8 Å². The molecule has 0 N–H and O–H groups in total. The molecule has 0 aromatic heterocycles. The Hall–Kier alpha value is -0.290. The average Bonchev–Trinajstić information content (AvgIpc) is 2.21. The van der Waals surface area contributed by atoms with Crippen LogP contribution in [0.15, 0.2) is 24.3 Å². The van der Waals surface area contributed by atoms with Gasteiger partial charge in [0.05, 0.1) is 0 Å². The van der Waals surface area contributed by atoms with Crippen molar-refractivity contribution >= 4 is 28.3 Å². The molecule has 0 atom stereocenters. The predicted octanol–water partition coefficient (Wildman–Crippen LogP) is 2.68. The summed E-state index contributed by atoms with van der Waals surface area (Å²) in [6.45, 7) is 8.78. The minimum Gasteiger partial charge on any atom is -0.371 e. The van der Waals surface area contributed by atoms with E-state index in [1.807, 2.05) is 0 Å². The van der Waals surface area contributed by atoms with Crippen LogP contribution >= 0.6 is 22.6 Å². The molecule has 2 saturated heterocycles. The van der Waals surface area contributed by atoms with E-state index in [9.17, 15) is 0 Å². The Balaban J connectivity index is 1.46. The Kier molecular flexibility index (Phi) is 3.30. The summed E-state index contributed by atoms with van der Waals surface area (Å²) in [6, 6.07) is 8.87. The van der Waals surface area contributed by atoms with E-state index >= 15 is 0 Å². The van der Waals surface area contributed by atoms with Crippen LogP contribution in [0.1, 0.15) is 6.92 Å². The van der Waals surface area contributed by atoms with Crippen LogP contribution in [0.3, 0.4) is 0 Å². The average molecular weight is 342 g/mol. The summed E-state index contributed by atoms with van der Waals surface area (Å²) >= 11 is 2.36. The molecule has 3 rings (SSSR count). The number of nitrogens with zero attached hydrogens (tertiary/aromatic N) is 2. The number of hydrogen-bond acceptors (Lipinski definition) is 2. The molecule has 2 nitrogen and oxygen atoms in total. The lowest BCUT2D eigenvalue weighted by Gasteiger charge is -2.46. The molecular weight excluding hydrogens is 323 g/mol. The molecule has 2 heterocycles. The summed E-state index contributed by atoms with van der Waals surface area (Å²) in [6.07, 6.45) is 0. The molecular formula is C14H19IN2. The van der Waals surface area contributed by atoms with Gasteiger partial charge in [0, 0.05) is 47.9 Å². The zero-order valence-electron chi connectivity index (χ0n) is 10.3. The van der Waals surface area contributed by atoms with Crippen molar-refractivity contribution in [1.82, 2.24) is 4.90 Å². The SMILES string of the molecule is CC1CN(CC2CN(c3ccc(I)cc3)C2)C1. The van der Waals surface area contributed by atoms with E-state index in [1.165, 1.54) is 42.0 Å². The van der Waals surface area contributed by atoms with Crippen molar-refractivity contribution in [3.05, 3.63) is 27.8 Å².